The van der Waals surface area contributed by atoms with E-state index in [1.54, 1.807) is 0 Å². The number of alkyl halides is 3. The van der Waals surface area contributed by atoms with Crippen LogP contribution in [0.4, 0.5) is 13.2 Å². The topological polar surface area (TPSA) is 88.3 Å². The Labute approximate surface area is 93.3 Å². The summed E-state index contributed by atoms with van der Waals surface area (Å²) in [5.74, 6) is -1.13. The van der Waals surface area contributed by atoms with Crippen molar-refractivity contribution in [1.29, 1.82) is 0 Å². The van der Waals surface area contributed by atoms with Gasteiger partial charge in [-0.2, -0.15) is 21.6 Å². The van der Waals surface area contributed by atoms with Crippen molar-refractivity contribution in [2.45, 2.75) is 5.51 Å². The molecule has 0 heterocycles. The zero-order valence-corrected chi connectivity index (χ0v) is 9.65. The molecule has 16 heavy (non-hydrogen) atoms. The van der Waals surface area contributed by atoms with E-state index in [0.717, 1.165) is 11.8 Å². The Kier molecular flexibility index (Phi) is 5.06. The fraction of sp³-hybridized carbons (Fsp3) is 0.600. The van der Waals surface area contributed by atoms with Crippen LogP contribution in [0, 0.1) is 0 Å². The number of halogens is 3. The minimum Gasteiger partial charge on any atom is -0.408 e. The maximum Gasteiger partial charge on any atom is 0.534 e. The van der Waals surface area contributed by atoms with Gasteiger partial charge >= 0.3 is 15.6 Å². The molecule has 0 aliphatic carbocycles. The molecule has 0 fully saturated rings. The van der Waals surface area contributed by atoms with E-state index < -0.39 is 21.5 Å². The molecular weight excluding hydrogens is 273 g/mol. The minimum absolute atomic E-state index is 0.296. The van der Waals surface area contributed by atoms with E-state index in [2.05, 4.69) is 14.3 Å². The van der Waals surface area contributed by atoms with Crippen LogP contribution in [0.15, 0.2) is 10.1 Å². The highest BCUT2D eigenvalue weighted by molar-refractivity contribution is 8.15. The van der Waals surface area contributed by atoms with Gasteiger partial charge in [-0.1, -0.05) is 0 Å². The van der Waals surface area contributed by atoms with E-state index in [1.165, 1.54) is 13.3 Å². The quantitative estimate of drug-likeness (QED) is 0.193. The third-order valence-corrected chi connectivity index (χ3v) is 2.83. The lowest BCUT2D eigenvalue weighted by molar-refractivity contribution is -0.0504. The molecule has 0 saturated heterocycles. The molecule has 0 aliphatic rings. The van der Waals surface area contributed by atoms with Gasteiger partial charge in [0.1, 0.15) is 0 Å². The van der Waals surface area contributed by atoms with Gasteiger partial charge in [-0.05, 0) is 11.4 Å². The normalized spacial score (nSPS) is 15.1. The second-order valence-electron chi connectivity index (χ2n) is 2.12. The highest BCUT2D eigenvalue weighted by Crippen LogP contribution is 2.25. The monoisotopic (exact) mass is 280 g/mol. The van der Waals surface area contributed by atoms with Crippen molar-refractivity contribution in [3.05, 3.63) is 0 Å². The predicted octanol–water partition coefficient (Wildman–Crippen LogP) is 1.03. The van der Waals surface area contributed by atoms with Crippen LogP contribution in [0.25, 0.3) is 0 Å². The standard InChI is InChI=1S/C5H7F3N2O4S2/c1-9-4(15-2)3(10-11)14-16(12,13)5(6,7)8/h11H,1-2H3/b9-4?,10-3+. The van der Waals surface area contributed by atoms with Crippen LogP contribution in [0.1, 0.15) is 0 Å². The molecule has 0 aromatic heterocycles. The molecule has 0 atom stereocenters. The minimum atomic E-state index is -5.86. The van der Waals surface area contributed by atoms with E-state index in [4.69, 9.17) is 5.21 Å². The largest absolute Gasteiger partial charge is 0.534 e. The smallest absolute Gasteiger partial charge is 0.408 e. The molecule has 1 N–H and O–H groups in total. The van der Waals surface area contributed by atoms with E-state index in [-0.39, 0.29) is 5.04 Å². The summed E-state index contributed by atoms with van der Waals surface area (Å²) in [4.78, 5) is 3.38. The molecule has 6 nitrogen and oxygen atoms in total. The maximum absolute atomic E-state index is 11.9. The molecule has 94 valence electrons. The van der Waals surface area contributed by atoms with Gasteiger partial charge in [-0.25, -0.2) is 0 Å². The van der Waals surface area contributed by atoms with Gasteiger partial charge in [-0.3, -0.25) is 4.99 Å². The number of rotatable bonds is 1. The van der Waals surface area contributed by atoms with Crippen LogP contribution in [0.5, 0.6) is 0 Å². The number of oxime groups is 1. The molecule has 0 rings (SSSR count). The molecule has 0 spiro atoms. The average Bonchev–Trinajstić information content (AvgIpc) is 2.16. The first-order valence-corrected chi connectivity index (χ1v) is 6.06. The Morgan fingerprint density at radius 3 is 2.19 bits per heavy atom. The lowest BCUT2D eigenvalue weighted by atomic mass is 10.7. The molecule has 0 bridgehead atoms. The van der Waals surface area contributed by atoms with E-state index in [9.17, 15) is 21.6 Å². The number of aliphatic imine (C=N–C) groups is 1. The van der Waals surface area contributed by atoms with Gasteiger partial charge in [0.25, 0.3) is 5.90 Å². The summed E-state index contributed by atoms with van der Waals surface area (Å²) in [6.07, 6.45) is 1.39. The first-order valence-electron chi connectivity index (χ1n) is 3.43. The van der Waals surface area contributed by atoms with Gasteiger partial charge < -0.3 is 9.39 Å². The van der Waals surface area contributed by atoms with Crippen LogP contribution >= 0.6 is 11.8 Å². The highest BCUT2D eigenvalue weighted by Gasteiger charge is 2.49. The summed E-state index contributed by atoms with van der Waals surface area (Å²) < 4.78 is 60.4. The van der Waals surface area contributed by atoms with E-state index in [1.807, 2.05) is 0 Å². The van der Waals surface area contributed by atoms with Crippen molar-refractivity contribution < 1.29 is 31.0 Å². The number of thioether (sulfide) groups is 1. The molecule has 0 amide bonds. The van der Waals surface area contributed by atoms with Crippen molar-refractivity contribution in [3.8, 4) is 0 Å². The summed E-state index contributed by atoms with van der Waals surface area (Å²) in [6, 6.07) is 0. The fourth-order valence-corrected chi connectivity index (χ4v) is 1.43. The molecule has 0 aromatic carbocycles. The molecule has 0 aliphatic heterocycles. The fourth-order valence-electron chi connectivity index (χ4n) is 0.520. The number of nitrogens with zero attached hydrogens (tertiary/aromatic N) is 2. The molecule has 0 radical (unpaired) electrons. The summed E-state index contributed by atoms with van der Waals surface area (Å²) in [5.41, 5.74) is -5.60. The third kappa shape index (κ3) is 3.56. The molecule has 0 unspecified atom stereocenters. The number of hydrogen-bond acceptors (Lipinski definition) is 7. The Balaban J connectivity index is 5.13. The predicted molar refractivity (Wildman–Crippen MR) is 52.2 cm³/mol. The van der Waals surface area contributed by atoms with Gasteiger partial charge in [0.15, 0.2) is 5.04 Å². The zero-order chi connectivity index (χ0) is 13.0. The Morgan fingerprint density at radius 1 is 1.44 bits per heavy atom. The van der Waals surface area contributed by atoms with Crippen molar-refractivity contribution in [2.24, 2.45) is 10.1 Å². The lowest BCUT2D eigenvalue weighted by Gasteiger charge is -2.10. The molecule has 0 aromatic rings. The van der Waals surface area contributed by atoms with Crippen molar-refractivity contribution >= 4 is 32.8 Å². The van der Waals surface area contributed by atoms with E-state index in [0.29, 0.717) is 0 Å². The van der Waals surface area contributed by atoms with Crippen LogP contribution in [-0.2, 0) is 14.3 Å². The van der Waals surface area contributed by atoms with Gasteiger partial charge in [0.2, 0.25) is 0 Å². The molecule has 11 heteroatoms. The van der Waals surface area contributed by atoms with Gasteiger partial charge in [0, 0.05) is 7.05 Å². The SMILES string of the molecule is CN=C(SC)/C(=N\O)OS(=O)(=O)C(F)(F)F. The molecular formula is C5H7F3N2O4S2. The third-order valence-electron chi connectivity index (χ3n) is 1.14. The van der Waals surface area contributed by atoms with Crippen molar-refractivity contribution in [1.82, 2.24) is 0 Å². The van der Waals surface area contributed by atoms with E-state index >= 15 is 0 Å². The Morgan fingerprint density at radius 2 is 1.94 bits per heavy atom. The summed E-state index contributed by atoms with van der Waals surface area (Å²) >= 11 is 0.756. The van der Waals surface area contributed by atoms with Gasteiger partial charge in [0.05, 0.1) is 0 Å². The summed E-state index contributed by atoms with van der Waals surface area (Å²) in [6.45, 7) is 0. The second kappa shape index (κ2) is 5.39. The van der Waals surface area contributed by atoms with Gasteiger partial charge in [-0.15, -0.1) is 11.8 Å². The van der Waals surface area contributed by atoms with Crippen molar-refractivity contribution in [2.75, 3.05) is 13.3 Å². The van der Waals surface area contributed by atoms with Crippen LogP contribution in [0.3, 0.4) is 0 Å². The van der Waals surface area contributed by atoms with Crippen LogP contribution in [-0.4, -0.2) is 43.4 Å². The maximum atomic E-state index is 11.9. The number of hydrogen-bond donors (Lipinski definition) is 1. The van der Waals surface area contributed by atoms with Crippen molar-refractivity contribution in [3.63, 3.8) is 0 Å². The Hall–Kier alpha value is -0.970. The average molecular weight is 280 g/mol. The van der Waals surface area contributed by atoms with Crippen LogP contribution < -0.4 is 0 Å². The highest BCUT2D eigenvalue weighted by atomic mass is 32.2. The second-order valence-corrected chi connectivity index (χ2v) is 4.45. The summed E-state index contributed by atoms with van der Waals surface area (Å²) in [5, 5.41) is 10.3. The first-order chi connectivity index (χ1) is 7.19. The first kappa shape index (κ1) is 15.0. The molecule has 0 saturated carbocycles. The summed E-state index contributed by atoms with van der Waals surface area (Å²) in [7, 11) is -4.69. The lowest BCUT2D eigenvalue weighted by Crippen LogP contribution is -2.30. The Bertz CT molecular complexity index is 400. The van der Waals surface area contributed by atoms with Crippen LogP contribution in [0.2, 0.25) is 0 Å². The zero-order valence-electron chi connectivity index (χ0n) is 8.02.